The largest absolute Gasteiger partial charge is 0.508 e. The highest BCUT2D eigenvalue weighted by Crippen LogP contribution is 2.21. The average Bonchev–Trinajstić information content (AvgIpc) is 2.63. The molecule has 0 bridgehead atoms. The van der Waals surface area contributed by atoms with E-state index >= 15 is 0 Å². The molecule has 0 fully saturated rings. The van der Waals surface area contributed by atoms with E-state index in [0.29, 0.717) is 5.95 Å². The van der Waals surface area contributed by atoms with Gasteiger partial charge in [-0.15, -0.1) is 0 Å². The number of nitrogens with zero attached hydrogens (tertiary/aromatic N) is 3. The van der Waals surface area contributed by atoms with Gasteiger partial charge in [0.15, 0.2) is 0 Å². The van der Waals surface area contributed by atoms with E-state index in [2.05, 4.69) is 37.6 Å². The van der Waals surface area contributed by atoms with Gasteiger partial charge in [-0.05, 0) is 49.2 Å². The zero-order chi connectivity index (χ0) is 19.2. The number of nitrogens with one attached hydrogen (secondary N) is 2. The number of aryl methyl sites for hydroxylation is 1. The van der Waals surface area contributed by atoms with E-state index in [9.17, 15) is 5.11 Å². The van der Waals surface area contributed by atoms with Gasteiger partial charge in [0.05, 0.1) is 0 Å². The maximum Gasteiger partial charge on any atom is 0.229 e. The Kier molecular flexibility index (Phi) is 5.76. The van der Waals surface area contributed by atoms with Crippen LogP contribution in [-0.4, -0.2) is 35.7 Å². The molecule has 1 aromatic heterocycles. The van der Waals surface area contributed by atoms with E-state index in [1.165, 1.54) is 0 Å². The van der Waals surface area contributed by atoms with Crippen molar-refractivity contribution >= 4 is 23.1 Å². The highest BCUT2D eigenvalue weighted by atomic mass is 16.3. The molecular formula is C21H25N5O. The minimum absolute atomic E-state index is 0.284. The molecule has 27 heavy (non-hydrogen) atoms. The van der Waals surface area contributed by atoms with Crippen molar-refractivity contribution in [2.24, 2.45) is 0 Å². The van der Waals surface area contributed by atoms with Gasteiger partial charge in [0.1, 0.15) is 11.6 Å². The molecule has 0 atom stereocenters. The van der Waals surface area contributed by atoms with Crippen LogP contribution in [0, 0.1) is 6.92 Å². The number of phenols is 1. The molecule has 3 N–H and O–H groups in total. The lowest BCUT2D eigenvalue weighted by Gasteiger charge is -2.14. The van der Waals surface area contributed by atoms with E-state index in [4.69, 9.17) is 0 Å². The molecule has 140 valence electrons. The summed E-state index contributed by atoms with van der Waals surface area (Å²) in [6.07, 6.45) is 0.844. The first-order valence-electron chi connectivity index (χ1n) is 8.91. The number of hydrogen-bond acceptors (Lipinski definition) is 6. The molecule has 0 aliphatic rings. The molecule has 3 aromatic rings. The fraction of sp³-hybridized carbons (Fsp3) is 0.238. The molecule has 0 saturated heterocycles. The summed E-state index contributed by atoms with van der Waals surface area (Å²) < 4.78 is 0. The summed E-state index contributed by atoms with van der Waals surface area (Å²) in [6.45, 7) is 2.70. The topological polar surface area (TPSA) is 73.3 Å². The van der Waals surface area contributed by atoms with Gasteiger partial charge in [0.25, 0.3) is 0 Å². The smallest absolute Gasteiger partial charge is 0.229 e. The number of anilines is 4. The first-order chi connectivity index (χ1) is 13.0. The quantitative estimate of drug-likeness (QED) is 0.590. The van der Waals surface area contributed by atoms with Crippen LogP contribution in [0.4, 0.5) is 23.1 Å². The van der Waals surface area contributed by atoms with Crippen molar-refractivity contribution < 1.29 is 5.11 Å². The van der Waals surface area contributed by atoms with E-state index in [0.717, 1.165) is 41.4 Å². The van der Waals surface area contributed by atoms with Crippen LogP contribution >= 0.6 is 0 Å². The first-order valence-corrected chi connectivity index (χ1v) is 8.91. The van der Waals surface area contributed by atoms with Crippen LogP contribution in [0.5, 0.6) is 5.75 Å². The van der Waals surface area contributed by atoms with Gasteiger partial charge in [-0.2, -0.15) is 4.98 Å². The molecule has 0 radical (unpaired) electrons. The number of benzene rings is 2. The zero-order valence-corrected chi connectivity index (χ0v) is 15.9. The highest BCUT2D eigenvalue weighted by Gasteiger charge is 2.04. The van der Waals surface area contributed by atoms with Gasteiger partial charge in [-0.25, -0.2) is 4.98 Å². The van der Waals surface area contributed by atoms with Gasteiger partial charge in [-0.1, -0.05) is 18.2 Å². The van der Waals surface area contributed by atoms with Crippen LogP contribution < -0.4 is 15.5 Å². The van der Waals surface area contributed by atoms with Crippen molar-refractivity contribution in [1.82, 2.24) is 9.97 Å². The summed E-state index contributed by atoms with van der Waals surface area (Å²) in [5, 5.41) is 16.0. The van der Waals surface area contributed by atoms with Gasteiger partial charge >= 0.3 is 0 Å². The number of aromatic hydroxyl groups is 1. The Morgan fingerprint density at radius 2 is 1.78 bits per heavy atom. The molecule has 6 nitrogen and oxygen atoms in total. The Morgan fingerprint density at radius 1 is 1.00 bits per heavy atom. The van der Waals surface area contributed by atoms with Crippen LogP contribution in [0.25, 0.3) is 0 Å². The number of rotatable bonds is 7. The van der Waals surface area contributed by atoms with Crippen molar-refractivity contribution in [2.75, 3.05) is 36.2 Å². The normalized spacial score (nSPS) is 10.5. The fourth-order valence-corrected chi connectivity index (χ4v) is 2.70. The fourth-order valence-electron chi connectivity index (χ4n) is 2.70. The maximum atomic E-state index is 9.35. The van der Waals surface area contributed by atoms with Gasteiger partial charge in [0, 0.05) is 43.8 Å². The molecule has 0 amide bonds. The molecule has 0 unspecified atom stereocenters. The summed E-state index contributed by atoms with van der Waals surface area (Å²) >= 11 is 0. The molecule has 1 heterocycles. The van der Waals surface area contributed by atoms with Crippen molar-refractivity contribution in [2.45, 2.75) is 13.3 Å². The van der Waals surface area contributed by atoms with Crippen LogP contribution in [-0.2, 0) is 6.42 Å². The number of hydrogen-bond donors (Lipinski definition) is 3. The Hall–Kier alpha value is -3.28. The Balaban J connectivity index is 1.65. The average molecular weight is 363 g/mol. The van der Waals surface area contributed by atoms with E-state index in [-0.39, 0.29) is 5.75 Å². The van der Waals surface area contributed by atoms with Gasteiger partial charge < -0.3 is 20.6 Å². The monoisotopic (exact) mass is 363 g/mol. The predicted octanol–water partition coefficient (Wildman–Crippen LogP) is 3.95. The second kappa shape index (κ2) is 8.40. The predicted molar refractivity (Wildman–Crippen MR) is 111 cm³/mol. The molecular weight excluding hydrogens is 338 g/mol. The second-order valence-corrected chi connectivity index (χ2v) is 6.63. The van der Waals surface area contributed by atoms with Gasteiger partial charge in [-0.3, -0.25) is 0 Å². The van der Waals surface area contributed by atoms with Crippen LogP contribution in [0.1, 0.15) is 11.3 Å². The summed E-state index contributed by atoms with van der Waals surface area (Å²) in [7, 11) is 4.02. The van der Waals surface area contributed by atoms with E-state index in [1.54, 1.807) is 12.1 Å². The Morgan fingerprint density at radius 3 is 2.52 bits per heavy atom. The third kappa shape index (κ3) is 5.34. The Labute approximate surface area is 159 Å². The molecule has 2 aromatic carbocycles. The van der Waals surface area contributed by atoms with Crippen molar-refractivity contribution in [3.05, 3.63) is 65.9 Å². The molecule has 0 aliphatic heterocycles. The minimum Gasteiger partial charge on any atom is -0.508 e. The molecule has 0 saturated carbocycles. The molecule has 0 aliphatic carbocycles. The van der Waals surface area contributed by atoms with E-state index < -0.39 is 0 Å². The molecule has 3 rings (SSSR count). The number of phenolic OH excluding ortho intramolecular Hbond substituents is 1. The summed E-state index contributed by atoms with van der Waals surface area (Å²) in [6, 6.07) is 17.3. The second-order valence-electron chi connectivity index (χ2n) is 6.63. The SMILES string of the molecule is Cc1cc(NCCc2ccc(O)cc2)nc(Nc2cccc(N(C)C)c2)n1. The molecule has 0 spiro atoms. The highest BCUT2D eigenvalue weighted by molar-refractivity contribution is 5.62. The van der Waals surface area contributed by atoms with E-state index in [1.807, 2.05) is 51.4 Å². The summed E-state index contributed by atoms with van der Waals surface area (Å²) in [4.78, 5) is 11.1. The summed E-state index contributed by atoms with van der Waals surface area (Å²) in [5.74, 6) is 1.64. The lowest BCUT2D eigenvalue weighted by atomic mass is 10.1. The van der Waals surface area contributed by atoms with Crippen molar-refractivity contribution in [3.63, 3.8) is 0 Å². The zero-order valence-electron chi connectivity index (χ0n) is 15.9. The summed E-state index contributed by atoms with van der Waals surface area (Å²) in [5.41, 5.74) is 4.11. The third-order valence-electron chi connectivity index (χ3n) is 4.13. The third-order valence-corrected chi connectivity index (χ3v) is 4.13. The van der Waals surface area contributed by atoms with Crippen molar-refractivity contribution in [3.8, 4) is 5.75 Å². The number of aromatic nitrogens is 2. The minimum atomic E-state index is 0.284. The standard InChI is InChI=1S/C21H25N5O/c1-15-13-20(22-12-11-16-7-9-19(27)10-8-16)25-21(23-15)24-17-5-4-6-18(14-17)26(2)3/h4-10,13-14,27H,11-12H2,1-3H3,(H2,22,23,24,25). The molecule has 6 heteroatoms. The van der Waals surface area contributed by atoms with Gasteiger partial charge in [0.2, 0.25) is 5.95 Å². The first kappa shape index (κ1) is 18.5. The van der Waals surface area contributed by atoms with Crippen LogP contribution in [0.2, 0.25) is 0 Å². The van der Waals surface area contributed by atoms with Crippen LogP contribution in [0.3, 0.4) is 0 Å². The Bertz CT molecular complexity index is 893. The maximum absolute atomic E-state index is 9.35. The van der Waals surface area contributed by atoms with Crippen LogP contribution in [0.15, 0.2) is 54.6 Å². The lowest BCUT2D eigenvalue weighted by molar-refractivity contribution is 0.475. The van der Waals surface area contributed by atoms with Crippen molar-refractivity contribution in [1.29, 1.82) is 0 Å². The lowest BCUT2D eigenvalue weighted by Crippen LogP contribution is -2.10.